The Morgan fingerprint density at radius 2 is 1.93 bits per heavy atom. The molecule has 3 saturated heterocycles. The second-order valence-corrected chi connectivity index (χ2v) is 8.75. The van der Waals surface area contributed by atoms with Gasteiger partial charge in [-0.15, -0.1) is 0 Å². The maximum atomic E-state index is 12.8. The van der Waals surface area contributed by atoms with E-state index in [1.165, 1.54) is 26.2 Å². The van der Waals surface area contributed by atoms with Crippen LogP contribution in [-0.4, -0.2) is 85.7 Å². The lowest BCUT2D eigenvalue weighted by atomic mass is 9.86. The fourth-order valence-electron chi connectivity index (χ4n) is 4.93. The molecule has 2 atom stereocenters. The Morgan fingerprint density at radius 1 is 1.15 bits per heavy atom. The van der Waals surface area contributed by atoms with Gasteiger partial charge in [0.05, 0.1) is 18.6 Å². The zero-order chi connectivity index (χ0) is 18.7. The minimum absolute atomic E-state index is 0.0954. The molecule has 0 unspecified atom stereocenters. The number of rotatable bonds is 4. The molecule has 1 spiro atoms. The molecule has 0 N–H and O–H groups in total. The summed E-state index contributed by atoms with van der Waals surface area (Å²) in [4.78, 5) is 19.8. The number of carbonyl (C=O) groups is 1. The molecule has 3 aliphatic heterocycles. The Labute approximate surface area is 163 Å². The van der Waals surface area contributed by atoms with Crippen molar-refractivity contribution in [1.29, 1.82) is 0 Å². The maximum Gasteiger partial charge on any atom is 0.227 e. The molecule has 0 saturated carbocycles. The molecule has 4 rings (SSSR count). The molecule has 1 aromatic carbocycles. The second-order valence-electron chi connectivity index (χ2n) is 8.75. The van der Waals surface area contributed by atoms with Crippen molar-refractivity contribution < 1.29 is 9.53 Å². The normalized spacial score (nSPS) is 30.1. The number of piperazine rings is 1. The van der Waals surface area contributed by atoms with Gasteiger partial charge in [-0.1, -0.05) is 30.3 Å². The van der Waals surface area contributed by atoms with Crippen LogP contribution in [0.25, 0.3) is 0 Å². The predicted molar refractivity (Wildman–Crippen MR) is 107 cm³/mol. The predicted octanol–water partition coefficient (Wildman–Crippen LogP) is 1.87. The molecule has 0 bridgehead atoms. The second kappa shape index (κ2) is 8.29. The van der Waals surface area contributed by atoms with Crippen LogP contribution in [0.5, 0.6) is 0 Å². The third kappa shape index (κ3) is 4.71. The highest BCUT2D eigenvalue weighted by atomic mass is 16.5. The average Bonchev–Trinajstić information content (AvgIpc) is 3.06. The van der Waals surface area contributed by atoms with Crippen LogP contribution in [0.4, 0.5) is 0 Å². The van der Waals surface area contributed by atoms with Crippen LogP contribution in [0.2, 0.25) is 0 Å². The van der Waals surface area contributed by atoms with Crippen LogP contribution >= 0.6 is 0 Å². The molecular weight excluding hydrogens is 338 g/mol. The SMILES string of the molecule is CN1CCN(C[C@@H]2CO[C@]3(CCCN(C(=O)Cc4ccccc4)C3)C2)CC1. The number of piperidine rings is 1. The van der Waals surface area contributed by atoms with Crippen LogP contribution in [0.3, 0.4) is 0 Å². The van der Waals surface area contributed by atoms with Crippen molar-refractivity contribution in [2.24, 2.45) is 5.92 Å². The molecule has 3 fully saturated rings. The van der Waals surface area contributed by atoms with E-state index in [1.807, 2.05) is 30.3 Å². The minimum atomic E-state index is -0.0954. The van der Waals surface area contributed by atoms with Gasteiger partial charge >= 0.3 is 0 Å². The summed E-state index contributed by atoms with van der Waals surface area (Å²) in [5, 5.41) is 0. The number of benzene rings is 1. The van der Waals surface area contributed by atoms with E-state index < -0.39 is 0 Å². The number of hydrogen-bond donors (Lipinski definition) is 0. The van der Waals surface area contributed by atoms with Gasteiger partial charge in [-0.05, 0) is 37.8 Å². The molecule has 5 nitrogen and oxygen atoms in total. The van der Waals surface area contributed by atoms with E-state index in [2.05, 4.69) is 21.7 Å². The highest BCUT2D eigenvalue weighted by Gasteiger charge is 2.44. The Morgan fingerprint density at radius 3 is 2.70 bits per heavy atom. The van der Waals surface area contributed by atoms with Gasteiger partial charge < -0.3 is 19.4 Å². The number of hydrogen-bond acceptors (Lipinski definition) is 4. The van der Waals surface area contributed by atoms with E-state index in [0.29, 0.717) is 12.3 Å². The number of ether oxygens (including phenoxy) is 1. The van der Waals surface area contributed by atoms with Gasteiger partial charge in [-0.2, -0.15) is 0 Å². The molecule has 27 heavy (non-hydrogen) atoms. The van der Waals surface area contributed by atoms with Gasteiger partial charge in [0.2, 0.25) is 5.91 Å². The summed E-state index contributed by atoms with van der Waals surface area (Å²) in [6.45, 7) is 8.32. The number of amides is 1. The van der Waals surface area contributed by atoms with Crippen LogP contribution in [0.1, 0.15) is 24.8 Å². The van der Waals surface area contributed by atoms with Crippen molar-refractivity contribution in [3.05, 3.63) is 35.9 Å². The monoisotopic (exact) mass is 371 g/mol. The van der Waals surface area contributed by atoms with E-state index >= 15 is 0 Å². The van der Waals surface area contributed by atoms with Crippen LogP contribution in [0, 0.1) is 5.92 Å². The summed E-state index contributed by atoms with van der Waals surface area (Å²) in [6.07, 6.45) is 3.76. The number of likely N-dealkylation sites (N-methyl/N-ethyl adjacent to an activating group) is 1. The number of likely N-dealkylation sites (tertiary alicyclic amines) is 1. The average molecular weight is 372 g/mol. The quantitative estimate of drug-likeness (QED) is 0.810. The van der Waals surface area contributed by atoms with Crippen molar-refractivity contribution in [2.45, 2.75) is 31.3 Å². The lowest BCUT2D eigenvalue weighted by Crippen LogP contribution is -2.50. The highest BCUT2D eigenvalue weighted by molar-refractivity contribution is 5.79. The Kier molecular flexibility index (Phi) is 5.81. The third-order valence-corrected chi connectivity index (χ3v) is 6.49. The smallest absolute Gasteiger partial charge is 0.227 e. The van der Waals surface area contributed by atoms with Crippen LogP contribution in [0.15, 0.2) is 30.3 Å². The largest absolute Gasteiger partial charge is 0.373 e. The lowest BCUT2D eigenvalue weighted by Gasteiger charge is -2.40. The van der Waals surface area contributed by atoms with Gasteiger partial charge in [0.15, 0.2) is 0 Å². The summed E-state index contributed by atoms with van der Waals surface area (Å²) in [6, 6.07) is 10.1. The van der Waals surface area contributed by atoms with Crippen molar-refractivity contribution in [2.75, 3.05) is 59.5 Å². The molecule has 0 aliphatic carbocycles. The topological polar surface area (TPSA) is 36.0 Å². The molecule has 1 amide bonds. The number of carbonyl (C=O) groups excluding carboxylic acids is 1. The first-order chi connectivity index (χ1) is 13.1. The van der Waals surface area contributed by atoms with Crippen molar-refractivity contribution >= 4 is 5.91 Å². The first-order valence-electron chi connectivity index (χ1n) is 10.5. The fraction of sp³-hybridized carbons (Fsp3) is 0.682. The third-order valence-electron chi connectivity index (χ3n) is 6.49. The minimum Gasteiger partial charge on any atom is -0.373 e. The molecular formula is C22H33N3O2. The highest BCUT2D eigenvalue weighted by Crippen LogP contribution is 2.38. The van der Waals surface area contributed by atoms with Gasteiger partial charge in [-0.3, -0.25) is 4.79 Å². The molecule has 148 valence electrons. The Bertz CT molecular complexity index is 630. The summed E-state index contributed by atoms with van der Waals surface area (Å²) in [7, 11) is 2.20. The van der Waals surface area contributed by atoms with Crippen LogP contribution in [-0.2, 0) is 16.0 Å². The molecule has 3 aliphatic rings. The molecule has 0 aromatic heterocycles. The fourth-order valence-corrected chi connectivity index (χ4v) is 4.93. The van der Waals surface area contributed by atoms with Crippen molar-refractivity contribution in [1.82, 2.24) is 14.7 Å². The first-order valence-corrected chi connectivity index (χ1v) is 10.5. The van der Waals surface area contributed by atoms with Crippen LogP contribution < -0.4 is 0 Å². The summed E-state index contributed by atoms with van der Waals surface area (Å²) < 4.78 is 6.36. The van der Waals surface area contributed by atoms with Gasteiger partial charge in [0, 0.05) is 45.8 Å². The van der Waals surface area contributed by atoms with E-state index in [0.717, 1.165) is 51.1 Å². The van der Waals surface area contributed by atoms with E-state index in [1.54, 1.807) is 0 Å². The summed E-state index contributed by atoms with van der Waals surface area (Å²) in [5.41, 5.74) is 1.00. The molecule has 1 aromatic rings. The van der Waals surface area contributed by atoms with E-state index in [9.17, 15) is 4.79 Å². The van der Waals surface area contributed by atoms with Crippen molar-refractivity contribution in [3.63, 3.8) is 0 Å². The zero-order valence-electron chi connectivity index (χ0n) is 16.6. The Balaban J connectivity index is 1.30. The van der Waals surface area contributed by atoms with Gasteiger partial charge in [-0.25, -0.2) is 0 Å². The van der Waals surface area contributed by atoms with Crippen molar-refractivity contribution in [3.8, 4) is 0 Å². The standard InChI is InChI=1S/C22H33N3O2/c1-23-10-12-24(13-11-23)16-20-15-22(27-17-20)8-5-9-25(18-22)21(26)14-19-6-3-2-4-7-19/h2-4,6-7,20H,5,8-18H2,1H3/t20-,22-/m1/s1. The molecule has 5 heteroatoms. The van der Waals surface area contributed by atoms with E-state index in [4.69, 9.17) is 4.74 Å². The zero-order valence-corrected chi connectivity index (χ0v) is 16.6. The van der Waals surface area contributed by atoms with Gasteiger partial charge in [0.25, 0.3) is 0 Å². The molecule has 3 heterocycles. The maximum absolute atomic E-state index is 12.8. The summed E-state index contributed by atoms with van der Waals surface area (Å²) in [5.74, 6) is 0.851. The Hall–Kier alpha value is -1.43. The van der Waals surface area contributed by atoms with E-state index in [-0.39, 0.29) is 11.5 Å². The first kappa shape index (κ1) is 18.9. The van der Waals surface area contributed by atoms with Gasteiger partial charge in [0.1, 0.15) is 0 Å². The molecule has 0 radical (unpaired) electrons. The summed E-state index contributed by atoms with van der Waals surface area (Å²) >= 11 is 0. The number of nitrogens with zero attached hydrogens (tertiary/aromatic N) is 3. The lowest BCUT2D eigenvalue weighted by molar-refractivity contribution is -0.138.